The smallest absolute Gasteiger partial charge is 0.341 e. The summed E-state index contributed by atoms with van der Waals surface area (Å²) in [7, 11) is 0. The van der Waals surface area contributed by atoms with Crippen LogP contribution in [0.25, 0.3) is 0 Å². The van der Waals surface area contributed by atoms with Crippen molar-refractivity contribution < 1.29 is 24.2 Å². The number of amides is 1. The average molecular weight is 293 g/mol. The Morgan fingerprint density at radius 2 is 2.10 bits per heavy atom. The molecule has 0 radical (unpaired) electrons. The summed E-state index contributed by atoms with van der Waals surface area (Å²) in [5.74, 6) is -0.808. The first-order chi connectivity index (χ1) is 9.90. The third-order valence-corrected chi connectivity index (χ3v) is 3.76. The fraction of sp³-hybridized carbons (Fsp3) is 0.467. The van der Waals surface area contributed by atoms with E-state index in [9.17, 15) is 9.59 Å². The molecule has 1 fully saturated rings. The number of rotatable bonds is 5. The van der Waals surface area contributed by atoms with E-state index in [-0.39, 0.29) is 17.6 Å². The van der Waals surface area contributed by atoms with Gasteiger partial charge in [0.15, 0.2) is 6.61 Å². The van der Waals surface area contributed by atoms with E-state index in [2.05, 4.69) is 5.32 Å². The predicted octanol–water partition coefficient (Wildman–Crippen LogP) is 1.45. The number of carboxylic acids is 1. The van der Waals surface area contributed by atoms with Crippen molar-refractivity contribution in [2.75, 3.05) is 13.2 Å². The lowest BCUT2D eigenvalue weighted by Crippen LogP contribution is -2.50. The molecule has 0 bridgehead atoms. The summed E-state index contributed by atoms with van der Waals surface area (Å²) >= 11 is 0. The molecule has 1 aromatic carbocycles. The Labute approximate surface area is 123 Å². The average Bonchev–Trinajstić information content (AvgIpc) is 2.76. The maximum absolute atomic E-state index is 12.2. The Kier molecular flexibility index (Phi) is 4.47. The van der Waals surface area contributed by atoms with E-state index in [1.165, 1.54) is 0 Å². The van der Waals surface area contributed by atoms with E-state index in [1.54, 1.807) is 24.3 Å². The molecule has 2 atom stereocenters. The summed E-state index contributed by atoms with van der Waals surface area (Å²) in [5, 5.41) is 11.5. The SMILES string of the molecule is CC1OCCC1(C)NC(=O)c1ccc(OCC(=O)O)cc1. The van der Waals surface area contributed by atoms with Crippen LogP contribution in [0.1, 0.15) is 30.6 Å². The number of benzene rings is 1. The molecular formula is C15H19NO5. The molecule has 1 aliphatic rings. The Morgan fingerprint density at radius 1 is 1.43 bits per heavy atom. The third-order valence-electron chi connectivity index (χ3n) is 3.76. The van der Waals surface area contributed by atoms with Gasteiger partial charge in [-0.2, -0.15) is 0 Å². The second-order valence-electron chi connectivity index (χ2n) is 5.34. The lowest BCUT2D eigenvalue weighted by Gasteiger charge is -2.28. The predicted molar refractivity (Wildman–Crippen MR) is 75.5 cm³/mol. The number of ether oxygens (including phenoxy) is 2. The third kappa shape index (κ3) is 3.72. The highest BCUT2D eigenvalue weighted by Gasteiger charge is 2.38. The normalized spacial score (nSPS) is 24.6. The molecule has 1 heterocycles. The fourth-order valence-electron chi connectivity index (χ4n) is 2.18. The van der Waals surface area contributed by atoms with Gasteiger partial charge in [-0.1, -0.05) is 0 Å². The maximum atomic E-state index is 12.2. The van der Waals surface area contributed by atoms with Gasteiger partial charge < -0.3 is 19.9 Å². The number of hydrogen-bond donors (Lipinski definition) is 2. The van der Waals surface area contributed by atoms with Gasteiger partial charge in [0.1, 0.15) is 5.75 Å². The van der Waals surface area contributed by atoms with E-state index in [1.807, 2.05) is 13.8 Å². The summed E-state index contributed by atoms with van der Waals surface area (Å²) in [6.45, 7) is 4.14. The van der Waals surface area contributed by atoms with Crippen LogP contribution >= 0.6 is 0 Å². The molecule has 1 amide bonds. The molecule has 2 rings (SSSR count). The molecule has 1 aromatic rings. The standard InChI is InChI=1S/C15H19NO5/c1-10-15(2,7-8-20-10)16-14(19)11-3-5-12(6-4-11)21-9-13(17)18/h3-6,10H,7-9H2,1-2H3,(H,16,19)(H,17,18). The van der Waals surface area contributed by atoms with Gasteiger partial charge in [0.25, 0.3) is 5.91 Å². The quantitative estimate of drug-likeness (QED) is 0.858. The van der Waals surface area contributed by atoms with Gasteiger partial charge >= 0.3 is 5.97 Å². The lowest BCUT2D eigenvalue weighted by molar-refractivity contribution is -0.139. The fourth-order valence-corrected chi connectivity index (χ4v) is 2.18. The lowest BCUT2D eigenvalue weighted by atomic mass is 9.94. The molecule has 21 heavy (non-hydrogen) atoms. The molecule has 0 aromatic heterocycles. The summed E-state index contributed by atoms with van der Waals surface area (Å²) in [5.41, 5.74) is 0.133. The van der Waals surface area contributed by atoms with E-state index in [0.717, 1.165) is 6.42 Å². The number of carbonyl (C=O) groups excluding carboxylic acids is 1. The maximum Gasteiger partial charge on any atom is 0.341 e. The minimum atomic E-state index is -1.04. The van der Waals surface area contributed by atoms with Crippen molar-refractivity contribution in [2.45, 2.75) is 31.9 Å². The van der Waals surface area contributed by atoms with Gasteiger partial charge in [0, 0.05) is 12.2 Å². The van der Waals surface area contributed by atoms with Crippen molar-refractivity contribution in [2.24, 2.45) is 0 Å². The van der Waals surface area contributed by atoms with Crippen molar-refractivity contribution in [3.8, 4) is 5.75 Å². The number of aliphatic carboxylic acids is 1. The molecule has 6 heteroatoms. The summed E-state index contributed by atoms with van der Waals surface area (Å²) < 4.78 is 10.5. The zero-order valence-corrected chi connectivity index (χ0v) is 12.1. The molecule has 1 aliphatic heterocycles. The highest BCUT2D eigenvalue weighted by atomic mass is 16.5. The van der Waals surface area contributed by atoms with E-state index >= 15 is 0 Å². The summed E-state index contributed by atoms with van der Waals surface area (Å²) in [6, 6.07) is 6.37. The summed E-state index contributed by atoms with van der Waals surface area (Å²) in [4.78, 5) is 22.6. The van der Waals surface area contributed by atoms with Crippen LogP contribution < -0.4 is 10.1 Å². The number of carboxylic acid groups (broad SMARTS) is 1. The highest BCUT2D eigenvalue weighted by Crippen LogP contribution is 2.25. The molecule has 0 saturated carbocycles. The van der Waals surface area contributed by atoms with Gasteiger partial charge in [-0.15, -0.1) is 0 Å². The van der Waals surface area contributed by atoms with Gasteiger partial charge in [-0.25, -0.2) is 4.79 Å². The van der Waals surface area contributed by atoms with Gasteiger partial charge in [-0.3, -0.25) is 4.79 Å². The second kappa shape index (κ2) is 6.13. The van der Waals surface area contributed by atoms with Crippen LogP contribution in [0, 0.1) is 0 Å². The van der Waals surface area contributed by atoms with Crippen LogP contribution in [-0.4, -0.2) is 41.8 Å². The molecule has 2 N–H and O–H groups in total. The van der Waals surface area contributed by atoms with E-state index in [4.69, 9.17) is 14.6 Å². The topological polar surface area (TPSA) is 84.9 Å². The van der Waals surface area contributed by atoms with Crippen molar-refractivity contribution in [3.63, 3.8) is 0 Å². The van der Waals surface area contributed by atoms with Crippen LogP contribution in [0.3, 0.4) is 0 Å². The minimum Gasteiger partial charge on any atom is -0.482 e. The number of carbonyl (C=O) groups is 2. The zero-order chi connectivity index (χ0) is 15.5. The Hall–Kier alpha value is -2.08. The molecule has 0 aliphatic carbocycles. The zero-order valence-electron chi connectivity index (χ0n) is 12.1. The summed E-state index contributed by atoms with van der Waals surface area (Å²) in [6.07, 6.45) is 0.749. The Balaban J connectivity index is 1.98. The molecule has 6 nitrogen and oxygen atoms in total. The van der Waals surface area contributed by atoms with E-state index < -0.39 is 12.6 Å². The molecule has 0 spiro atoms. The highest BCUT2D eigenvalue weighted by molar-refractivity contribution is 5.94. The minimum absolute atomic E-state index is 0.0281. The van der Waals surface area contributed by atoms with Crippen LogP contribution in [0.5, 0.6) is 5.75 Å². The van der Waals surface area contributed by atoms with Crippen LogP contribution in [-0.2, 0) is 9.53 Å². The van der Waals surface area contributed by atoms with E-state index in [0.29, 0.717) is 17.9 Å². The van der Waals surface area contributed by atoms with Gasteiger partial charge in [0.2, 0.25) is 0 Å². The first-order valence-corrected chi connectivity index (χ1v) is 6.79. The Morgan fingerprint density at radius 3 is 2.62 bits per heavy atom. The van der Waals surface area contributed by atoms with Crippen molar-refractivity contribution in [1.29, 1.82) is 0 Å². The van der Waals surface area contributed by atoms with Crippen LogP contribution in [0.15, 0.2) is 24.3 Å². The molecule has 1 saturated heterocycles. The van der Waals surface area contributed by atoms with Crippen LogP contribution in [0.4, 0.5) is 0 Å². The molecule has 114 valence electrons. The van der Waals surface area contributed by atoms with Gasteiger partial charge in [-0.05, 0) is 44.5 Å². The number of hydrogen-bond acceptors (Lipinski definition) is 4. The molecule has 2 unspecified atom stereocenters. The van der Waals surface area contributed by atoms with Crippen LogP contribution in [0.2, 0.25) is 0 Å². The second-order valence-corrected chi connectivity index (χ2v) is 5.34. The number of nitrogens with one attached hydrogen (secondary N) is 1. The first-order valence-electron chi connectivity index (χ1n) is 6.79. The first kappa shape index (κ1) is 15.3. The molecular weight excluding hydrogens is 274 g/mol. The van der Waals surface area contributed by atoms with Gasteiger partial charge in [0.05, 0.1) is 11.6 Å². The van der Waals surface area contributed by atoms with Crippen molar-refractivity contribution in [1.82, 2.24) is 5.32 Å². The largest absolute Gasteiger partial charge is 0.482 e. The van der Waals surface area contributed by atoms with Crippen molar-refractivity contribution >= 4 is 11.9 Å². The van der Waals surface area contributed by atoms with Crippen molar-refractivity contribution in [3.05, 3.63) is 29.8 Å². The Bertz CT molecular complexity index is 527. The monoisotopic (exact) mass is 293 g/mol.